The third-order valence-electron chi connectivity index (χ3n) is 0.540. The molecule has 0 rings (SSSR count). The van der Waals surface area contributed by atoms with Crippen LogP contribution in [0.5, 0.6) is 0 Å². The largest absolute Gasteiger partial charge is 0.250 e. The van der Waals surface area contributed by atoms with E-state index in [1.807, 2.05) is 0 Å². The van der Waals surface area contributed by atoms with Gasteiger partial charge >= 0.3 is 0 Å². The van der Waals surface area contributed by atoms with Crippen LogP contribution in [0.15, 0.2) is 0 Å². The molecule has 0 saturated carbocycles. The van der Waals surface area contributed by atoms with Gasteiger partial charge in [0.1, 0.15) is 12.8 Å². The predicted octanol–water partition coefficient (Wildman–Crippen LogP) is 0.259. The minimum Gasteiger partial charge on any atom is -0.250 e. The number of hydrogen-bond donors (Lipinski definition) is 0. The van der Waals surface area contributed by atoms with Gasteiger partial charge in [-0.05, 0) is 0 Å². The summed E-state index contributed by atoms with van der Waals surface area (Å²) in [6.45, 7) is -1.03. The van der Waals surface area contributed by atoms with Gasteiger partial charge in [-0.1, -0.05) is 0 Å². The fourth-order valence-electron chi connectivity index (χ4n) is 0.211. The standard InChI is InChI=1S/C4H4F2O2S/c5-1-3-9(7,8)4-2-6/h1,3H2. The lowest BCUT2D eigenvalue weighted by atomic mass is 10.9. The maximum Gasteiger partial charge on any atom is 0.221 e. The van der Waals surface area contributed by atoms with Crippen molar-refractivity contribution in [1.82, 2.24) is 0 Å². The molecular formula is C4H4F2O2S. The van der Waals surface area contributed by atoms with Crippen molar-refractivity contribution >= 4 is 9.84 Å². The number of sulfone groups is 1. The summed E-state index contributed by atoms with van der Waals surface area (Å²) >= 11 is 0. The monoisotopic (exact) mass is 154 g/mol. The van der Waals surface area contributed by atoms with E-state index in [0.29, 0.717) is 6.17 Å². The van der Waals surface area contributed by atoms with Crippen LogP contribution in [0.2, 0.25) is 0 Å². The number of halogens is 2. The second kappa shape index (κ2) is 3.41. The molecule has 0 aromatic heterocycles. The fraction of sp³-hybridized carbons (Fsp3) is 0.500. The minimum atomic E-state index is -3.79. The van der Waals surface area contributed by atoms with Gasteiger partial charge < -0.3 is 0 Å². The summed E-state index contributed by atoms with van der Waals surface area (Å²) in [5.74, 6) is -0.732. The van der Waals surface area contributed by atoms with Crippen molar-refractivity contribution in [3.8, 4) is 11.4 Å². The summed E-state index contributed by atoms with van der Waals surface area (Å²) in [6, 6.07) is 0. The summed E-state index contributed by atoms with van der Waals surface area (Å²) in [6.07, 6.45) is 0.688. The van der Waals surface area contributed by atoms with E-state index in [1.165, 1.54) is 5.25 Å². The summed E-state index contributed by atoms with van der Waals surface area (Å²) in [5, 5.41) is 1.24. The zero-order chi connectivity index (χ0) is 7.33. The Morgan fingerprint density at radius 3 is 2.33 bits per heavy atom. The van der Waals surface area contributed by atoms with Gasteiger partial charge in [-0.2, -0.15) is 0 Å². The topological polar surface area (TPSA) is 34.1 Å². The SMILES string of the molecule is O=S(=O)(C#CF)CCF. The van der Waals surface area contributed by atoms with E-state index in [-0.39, 0.29) is 0 Å². The third-order valence-corrected chi connectivity index (χ3v) is 1.62. The van der Waals surface area contributed by atoms with Gasteiger partial charge in [0, 0.05) is 0 Å². The lowest BCUT2D eigenvalue weighted by Gasteiger charge is -1.84. The first-order valence-electron chi connectivity index (χ1n) is 2.03. The molecule has 0 unspecified atom stereocenters. The molecule has 5 heteroatoms. The Morgan fingerprint density at radius 2 is 2.00 bits per heavy atom. The van der Waals surface area contributed by atoms with Crippen molar-refractivity contribution in [3.63, 3.8) is 0 Å². The average Bonchev–Trinajstić information content (AvgIpc) is 1.64. The molecule has 2 nitrogen and oxygen atoms in total. The van der Waals surface area contributed by atoms with Crippen LogP contribution in [0.3, 0.4) is 0 Å². The number of hydrogen-bond acceptors (Lipinski definition) is 2. The Morgan fingerprint density at radius 1 is 1.44 bits per heavy atom. The van der Waals surface area contributed by atoms with Crippen molar-refractivity contribution in [3.05, 3.63) is 0 Å². The van der Waals surface area contributed by atoms with Gasteiger partial charge in [-0.15, -0.1) is 4.39 Å². The summed E-state index contributed by atoms with van der Waals surface area (Å²) in [7, 11) is -3.79. The van der Waals surface area contributed by atoms with Crippen LogP contribution in [-0.2, 0) is 9.84 Å². The Kier molecular flexibility index (Phi) is 3.17. The smallest absolute Gasteiger partial charge is 0.221 e. The molecule has 52 valence electrons. The summed E-state index contributed by atoms with van der Waals surface area (Å²) in [5.41, 5.74) is 0. The summed E-state index contributed by atoms with van der Waals surface area (Å²) < 4.78 is 42.5. The zero-order valence-corrected chi connectivity index (χ0v) is 5.21. The van der Waals surface area contributed by atoms with E-state index in [0.717, 1.165) is 0 Å². The molecule has 0 radical (unpaired) electrons. The Hall–Kier alpha value is -0.630. The molecule has 0 aliphatic heterocycles. The van der Waals surface area contributed by atoms with Gasteiger partial charge in [0.05, 0.1) is 11.0 Å². The molecule has 0 atom stereocenters. The van der Waals surface area contributed by atoms with Crippen LogP contribution < -0.4 is 0 Å². The highest BCUT2D eigenvalue weighted by Crippen LogP contribution is 1.86. The van der Waals surface area contributed by atoms with Crippen molar-refractivity contribution in [2.45, 2.75) is 0 Å². The third kappa shape index (κ3) is 3.91. The first-order valence-corrected chi connectivity index (χ1v) is 3.68. The minimum absolute atomic E-state index is 0.688. The second-order valence-electron chi connectivity index (χ2n) is 1.20. The molecule has 0 aliphatic carbocycles. The lowest BCUT2D eigenvalue weighted by molar-refractivity contribution is 0.520. The highest BCUT2D eigenvalue weighted by Gasteiger charge is 2.03. The molecule has 0 amide bonds. The molecular weight excluding hydrogens is 150 g/mol. The van der Waals surface area contributed by atoms with Gasteiger partial charge in [0.25, 0.3) is 0 Å². The van der Waals surface area contributed by atoms with Crippen molar-refractivity contribution in [1.29, 1.82) is 0 Å². The van der Waals surface area contributed by atoms with Crippen LogP contribution in [0.1, 0.15) is 0 Å². The molecule has 0 aromatic carbocycles. The second-order valence-corrected chi connectivity index (χ2v) is 3.05. The van der Waals surface area contributed by atoms with Crippen molar-refractivity contribution in [2.75, 3.05) is 12.4 Å². The quantitative estimate of drug-likeness (QED) is 0.534. The maximum atomic E-state index is 11.2. The predicted molar refractivity (Wildman–Crippen MR) is 28.6 cm³/mol. The van der Waals surface area contributed by atoms with Gasteiger partial charge in [0.15, 0.2) is 0 Å². The van der Waals surface area contributed by atoms with Crippen molar-refractivity contribution < 1.29 is 17.2 Å². The van der Waals surface area contributed by atoms with Crippen LogP contribution in [0.4, 0.5) is 8.78 Å². The Labute approximate surface area is 51.8 Å². The average molecular weight is 154 g/mol. The lowest BCUT2D eigenvalue weighted by Crippen LogP contribution is -2.03. The molecule has 0 heterocycles. The van der Waals surface area contributed by atoms with Crippen LogP contribution in [-0.4, -0.2) is 20.8 Å². The highest BCUT2D eigenvalue weighted by atomic mass is 32.2. The molecule has 9 heavy (non-hydrogen) atoms. The number of rotatable bonds is 2. The van der Waals surface area contributed by atoms with Gasteiger partial charge in [0.2, 0.25) is 9.84 Å². The fourth-order valence-corrected chi connectivity index (χ4v) is 0.634. The molecule has 0 fully saturated rings. The highest BCUT2D eigenvalue weighted by molar-refractivity contribution is 7.96. The van der Waals surface area contributed by atoms with E-state index in [2.05, 4.69) is 0 Å². The van der Waals surface area contributed by atoms with Crippen LogP contribution >= 0.6 is 0 Å². The van der Waals surface area contributed by atoms with E-state index >= 15 is 0 Å². The molecule has 0 aliphatic rings. The molecule has 0 spiro atoms. The first-order chi connectivity index (χ1) is 4.12. The van der Waals surface area contributed by atoms with Crippen LogP contribution in [0.25, 0.3) is 0 Å². The summed E-state index contributed by atoms with van der Waals surface area (Å²) in [4.78, 5) is 0. The van der Waals surface area contributed by atoms with E-state index in [9.17, 15) is 17.2 Å². The molecule has 0 saturated heterocycles. The van der Waals surface area contributed by atoms with E-state index in [4.69, 9.17) is 0 Å². The van der Waals surface area contributed by atoms with Crippen LogP contribution in [0, 0.1) is 11.4 Å². The molecule has 0 N–H and O–H groups in total. The Bertz CT molecular complexity index is 221. The van der Waals surface area contributed by atoms with E-state index in [1.54, 1.807) is 0 Å². The Balaban J connectivity index is 4.17. The zero-order valence-electron chi connectivity index (χ0n) is 4.39. The van der Waals surface area contributed by atoms with E-state index < -0.39 is 22.3 Å². The maximum absolute atomic E-state index is 11.2. The number of alkyl halides is 1. The van der Waals surface area contributed by atoms with Crippen molar-refractivity contribution in [2.24, 2.45) is 0 Å². The van der Waals surface area contributed by atoms with Gasteiger partial charge in [-0.3, -0.25) is 0 Å². The normalized spacial score (nSPS) is 10.0. The molecule has 0 bridgehead atoms. The molecule has 0 aromatic rings. The van der Waals surface area contributed by atoms with Gasteiger partial charge in [-0.25, -0.2) is 12.8 Å². The first kappa shape index (κ1) is 8.37.